The molecule has 0 spiro atoms. The number of hydrogen-bond acceptors (Lipinski definition) is 1. The first kappa shape index (κ1) is 8.57. The van der Waals surface area contributed by atoms with Crippen LogP contribution in [0.15, 0.2) is 0 Å². The van der Waals surface area contributed by atoms with E-state index in [4.69, 9.17) is 17.3 Å². The van der Waals surface area contributed by atoms with Gasteiger partial charge in [-0.15, -0.1) is 0 Å². The summed E-state index contributed by atoms with van der Waals surface area (Å²) in [6.45, 7) is 6.04. The molecule has 0 aromatic rings. The fourth-order valence-corrected chi connectivity index (χ4v) is 6.28. The summed E-state index contributed by atoms with van der Waals surface area (Å²) in [4.78, 5) is 0. The topological polar surface area (TPSA) is 26.0 Å². The fourth-order valence-electron chi connectivity index (χ4n) is 0.382. The Labute approximate surface area is 57.4 Å². The average molecular weight is 165 g/mol. The van der Waals surface area contributed by atoms with Crippen LogP contribution in [0.3, 0.4) is 0 Å². The first-order valence-electron chi connectivity index (χ1n) is 2.49. The second-order valence-corrected chi connectivity index (χ2v) is 10.6. The molecular formula is C4H12NPSSi. The van der Waals surface area contributed by atoms with Gasteiger partial charge in [-0.1, -0.05) is 25.1 Å². The van der Waals surface area contributed by atoms with E-state index in [-0.39, 0.29) is 0 Å². The van der Waals surface area contributed by atoms with Crippen LogP contribution in [0, 0.1) is 0 Å². The summed E-state index contributed by atoms with van der Waals surface area (Å²) >= 11 is 4.85. The van der Waals surface area contributed by atoms with Gasteiger partial charge in [0.1, 0.15) is 0 Å². The van der Waals surface area contributed by atoms with Gasteiger partial charge in [0, 0.05) is 6.47 Å². The van der Waals surface area contributed by atoms with Crippen LogP contribution in [0.4, 0.5) is 0 Å². The molecule has 0 aromatic heterocycles. The Balaban J connectivity index is 4.10. The molecule has 0 radical (unpaired) electrons. The largest absolute Gasteiger partial charge is 0.281 e. The summed E-state index contributed by atoms with van der Waals surface area (Å²) in [6.07, 6.45) is 0. The average Bonchev–Trinajstić information content (AvgIpc) is 1.21. The van der Waals surface area contributed by atoms with Crippen molar-refractivity contribution in [3.05, 3.63) is 0 Å². The van der Waals surface area contributed by atoms with Crippen molar-refractivity contribution < 1.29 is 0 Å². The van der Waals surface area contributed by atoms with Gasteiger partial charge >= 0.3 is 0 Å². The Morgan fingerprint density at radius 2 is 1.88 bits per heavy atom. The smallest absolute Gasteiger partial charge is 0.0759 e. The van der Waals surface area contributed by atoms with Crippen molar-refractivity contribution in [2.45, 2.75) is 19.6 Å². The summed E-state index contributed by atoms with van der Waals surface area (Å²) < 4.78 is 0. The van der Waals surface area contributed by atoms with Crippen molar-refractivity contribution in [2.75, 3.05) is 0 Å². The second-order valence-electron chi connectivity index (χ2n) is 2.86. The third-order valence-electron chi connectivity index (χ3n) is 0.515. The van der Waals surface area contributed by atoms with E-state index in [1.54, 1.807) is 0 Å². The van der Waals surface area contributed by atoms with E-state index in [1.807, 2.05) is 0 Å². The summed E-state index contributed by atoms with van der Waals surface area (Å²) in [7, 11) is -1.05. The summed E-state index contributed by atoms with van der Waals surface area (Å²) in [5, 5.41) is 0. The summed E-state index contributed by atoms with van der Waals surface area (Å²) in [5.41, 5.74) is 7.59. The third-order valence-corrected chi connectivity index (χ3v) is 5.58. The van der Waals surface area contributed by atoms with Gasteiger partial charge in [-0.25, -0.2) is 0 Å². The molecule has 4 heteroatoms. The number of rotatable bonds is 1. The summed E-state index contributed by atoms with van der Waals surface area (Å²) in [6, 6.07) is 0. The maximum absolute atomic E-state index is 5.44. The van der Waals surface area contributed by atoms with E-state index in [0.717, 1.165) is 0 Å². The van der Waals surface area contributed by atoms with Crippen molar-refractivity contribution >= 4 is 31.8 Å². The Morgan fingerprint density at radius 1 is 1.50 bits per heavy atom. The molecule has 0 fully saturated rings. The molecule has 0 saturated carbocycles. The summed E-state index contributed by atoms with van der Waals surface area (Å²) in [5.74, 6) is 0. The van der Waals surface area contributed by atoms with Gasteiger partial charge in [0.2, 0.25) is 0 Å². The predicted molar refractivity (Wildman–Crippen MR) is 47.9 cm³/mol. The Bertz CT molecular complexity index is 143. The first-order chi connectivity index (χ1) is 3.42. The molecule has 0 aliphatic carbocycles. The van der Waals surface area contributed by atoms with Crippen LogP contribution < -0.4 is 5.50 Å². The third kappa shape index (κ3) is 6.57. The van der Waals surface area contributed by atoms with Gasteiger partial charge in [-0.3, -0.25) is 5.50 Å². The zero-order valence-corrected chi connectivity index (χ0v) is 8.22. The van der Waals surface area contributed by atoms with Crippen molar-refractivity contribution in [3.63, 3.8) is 0 Å². The highest BCUT2D eigenvalue weighted by atomic mass is 32.4. The molecule has 1 nitrogen and oxygen atoms in total. The molecule has 1 atom stereocenters. The normalized spacial score (nSPS) is 14.2. The zero-order chi connectivity index (χ0) is 6.78. The van der Waals surface area contributed by atoms with Crippen molar-refractivity contribution in [1.29, 1.82) is 0 Å². The SMILES string of the molecule is C[Si](C)(C)C=P(N)=S. The first-order valence-corrected chi connectivity index (χ1v) is 8.56. The van der Waals surface area contributed by atoms with E-state index >= 15 is 0 Å². The van der Waals surface area contributed by atoms with Gasteiger partial charge in [-0.2, -0.15) is 0 Å². The van der Waals surface area contributed by atoms with Crippen molar-refractivity contribution in [3.8, 4) is 0 Å². The monoisotopic (exact) mass is 165 g/mol. The van der Waals surface area contributed by atoms with E-state index in [0.29, 0.717) is 0 Å². The second kappa shape index (κ2) is 2.92. The van der Waals surface area contributed by atoms with Gasteiger partial charge in [0.25, 0.3) is 0 Å². The Hall–Kier alpha value is 0.567. The number of nitrogens with two attached hydrogens (primary N) is 1. The van der Waals surface area contributed by atoms with Crippen LogP contribution in [0.1, 0.15) is 0 Å². The van der Waals surface area contributed by atoms with Gasteiger partial charge in [0.05, 0.1) is 8.07 Å². The lowest BCUT2D eigenvalue weighted by atomic mass is 11.8. The van der Waals surface area contributed by atoms with E-state index in [9.17, 15) is 0 Å². The predicted octanol–water partition coefficient (Wildman–Crippen LogP) is 1.48. The minimum Gasteiger partial charge on any atom is -0.281 e. The minimum absolute atomic E-state index is 0.668. The molecule has 0 aliphatic rings. The Morgan fingerprint density at radius 3 is 1.88 bits per heavy atom. The van der Waals surface area contributed by atoms with Crippen molar-refractivity contribution in [2.24, 2.45) is 5.50 Å². The molecule has 0 aromatic carbocycles. The van der Waals surface area contributed by atoms with Crippen molar-refractivity contribution in [1.82, 2.24) is 0 Å². The lowest BCUT2D eigenvalue weighted by Crippen LogP contribution is -2.21. The lowest BCUT2D eigenvalue weighted by Gasteiger charge is -2.05. The van der Waals surface area contributed by atoms with Gasteiger partial charge in [0.15, 0.2) is 0 Å². The number of hydrogen-bond donors (Lipinski definition) is 1. The highest BCUT2D eigenvalue weighted by molar-refractivity contribution is 8.04. The van der Waals surface area contributed by atoms with Crippen LogP contribution in [0.2, 0.25) is 19.6 Å². The van der Waals surface area contributed by atoms with E-state index < -0.39 is 14.5 Å². The highest BCUT2D eigenvalue weighted by Crippen LogP contribution is 2.01. The van der Waals surface area contributed by atoms with Crippen LogP contribution in [-0.2, 0) is 11.8 Å². The van der Waals surface area contributed by atoms with E-state index in [1.165, 1.54) is 0 Å². The zero-order valence-electron chi connectivity index (χ0n) is 5.51. The molecule has 2 N–H and O–H groups in total. The molecule has 0 heterocycles. The molecule has 1 unspecified atom stereocenters. The fraction of sp³-hybridized carbons (Fsp3) is 0.750. The Kier molecular flexibility index (Phi) is 3.13. The van der Waals surface area contributed by atoms with E-state index in [2.05, 4.69) is 25.1 Å². The lowest BCUT2D eigenvalue weighted by molar-refractivity contribution is 1.85. The maximum Gasteiger partial charge on any atom is 0.0759 e. The van der Waals surface area contributed by atoms with Gasteiger partial charge < -0.3 is 0 Å². The molecule has 0 bridgehead atoms. The molecule has 0 saturated heterocycles. The molecule has 0 rings (SSSR count). The minimum atomic E-state index is -1.05. The maximum atomic E-state index is 5.44. The van der Waals surface area contributed by atoms with Crippen LogP contribution in [0.5, 0.6) is 0 Å². The van der Waals surface area contributed by atoms with Gasteiger partial charge in [-0.05, 0) is 11.8 Å². The highest BCUT2D eigenvalue weighted by Gasteiger charge is 2.06. The molecule has 0 aliphatic heterocycles. The van der Waals surface area contributed by atoms with Crippen LogP contribution >= 0.6 is 6.47 Å². The molecule has 8 heavy (non-hydrogen) atoms. The van der Waals surface area contributed by atoms with Crippen LogP contribution in [-0.4, -0.2) is 13.5 Å². The van der Waals surface area contributed by atoms with Crippen LogP contribution in [0.25, 0.3) is 0 Å². The molecular weight excluding hydrogens is 153 g/mol. The quantitative estimate of drug-likeness (QED) is 0.470. The molecule has 48 valence electrons. The standard InChI is InChI=1S/C4H12NPSSi/c1-8(2,3)4-6(5)7/h4H,5H2,1-3H3. The molecule has 0 amide bonds.